The monoisotopic (exact) mass is 1010 g/mol. The summed E-state index contributed by atoms with van der Waals surface area (Å²) in [5, 5.41) is 3.49. The molecule has 0 saturated heterocycles. The van der Waals surface area contributed by atoms with E-state index in [9.17, 15) is 57.5 Å². The summed E-state index contributed by atoms with van der Waals surface area (Å²) in [5.41, 5.74) is -4.10. The number of hydrogen-bond acceptors (Lipinski definition) is 4. The largest absolute Gasteiger partial charge is 0.419 e. The predicted octanol–water partition coefficient (Wildman–Crippen LogP) is 9.42. The highest BCUT2D eigenvalue weighted by Crippen LogP contribution is 2.31. The van der Waals surface area contributed by atoms with Gasteiger partial charge in [0.25, 0.3) is 0 Å². The molecular formula is C42H14BF20N5O2. The van der Waals surface area contributed by atoms with Crippen LogP contribution in [0.15, 0.2) is 78.3 Å². The Morgan fingerprint density at radius 2 is 0.871 bits per heavy atom. The van der Waals surface area contributed by atoms with E-state index in [0.717, 1.165) is 5.56 Å². The topological polar surface area (TPSA) is 91.8 Å². The van der Waals surface area contributed by atoms with Gasteiger partial charge >= 0.3 is 11.7 Å². The summed E-state index contributed by atoms with van der Waals surface area (Å²) in [6.45, 7) is 0.520. The third-order valence-electron chi connectivity index (χ3n) is 10.1. The molecule has 0 radical (unpaired) electrons. The number of rotatable bonds is 9. The Hall–Kier alpha value is -8.16. The van der Waals surface area contributed by atoms with E-state index >= 15 is 35.1 Å². The molecule has 0 aliphatic heterocycles. The lowest BCUT2D eigenvalue weighted by Crippen LogP contribution is -2.81. The van der Waals surface area contributed by atoms with Crippen LogP contribution < -0.4 is 31.2 Å². The Kier molecular flexibility index (Phi) is 14.5. The number of nitrogens with zero attached hydrogens (tertiary/aromatic N) is 5. The van der Waals surface area contributed by atoms with Gasteiger partial charge in [-0.25, -0.2) is 92.6 Å². The molecule has 0 unspecified atom stereocenters. The van der Waals surface area contributed by atoms with Crippen LogP contribution in [0.25, 0.3) is 10.4 Å². The number of azide groups is 1. The van der Waals surface area contributed by atoms with Gasteiger partial charge in [-0.3, -0.25) is 4.98 Å². The van der Waals surface area contributed by atoms with Crippen molar-refractivity contribution in [3.05, 3.63) is 211 Å². The maximum atomic E-state index is 15.4. The van der Waals surface area contributed by atoms with Crippen LogP contribution in [0, 0.1) is 116 Å². The molecule has 0 aliphatic rings. The highest BCUT2D eigenvalue weighted by molar-refractivity contribution is 7.20. The lowest BCUT2D eigenvalue weighted by molar-refractivity contribution is -0.691. The molecule has 28 heteroatoms. The molecule has 0 amide bonds. The van der Waals surface area contributed by atoms with Gasteiger partial charge in [-0.1, -0.05) is 47.6 Å². The second-order valence-electron chi connectivity index (χ2n) is 14.0. The molecule has 6 aromatic carbocycles. The minimum absolute atomic E-state index is 0.296. The molecule has 7 rings (SSSR count). The Bertz CT molecular complexity index is 2940. The van der Waals surface area contributed by atoms with Crippen molar-refractivity contribution < 1.29 is 102 Å². The van der Waals surface area contributed by atoms with E-state index in [4.69, 9.17) is 10.3 Å². The Labute approximate surface area is 375 Å². The van der Waals surface area contributed by atoms with Gasteiger partial charge in [-0.15, -0.1) is 21.9 Å². The van der Waals surface area contributed by atoms with Gasteiger partial charge in [0.1, 0.15) is 64.6 Å². The second kappa shape index (κ2) is 19.8. The van der Waals surface area contributed by atoms with Crippen LogP contribution in [-0.2, 0) is 6.54 Å². The van der Waals surface area contributed by atoms with Crippen molar-refractivity contribution in [3.8, 4) is 5.75 Å². The number of hydrogen-bond donors (Lipinski definition) is 0. The molecule has 1 heterocycles. The lowest BCUT2D eigenvalue weighted by Gasteiger charge is -2.44. The first-order chi connectivity index (χ1) is 33.0. The van der Waals surface area contributed by atoms with Crippen LogP contribution in [0.5, 0.6) is 5.75 Å². The van der Waals surface area contributed by atoms with Crippen molar-refractivity contribution in [2.75, 3.05) is 0 Å². The van der Waals surface area contributed by atoms with Crippen molar-refractivity contribution >= 4 is 39.7 Å². The molecule has 0 atom stereocenters. The summed E-state index contributed by atoms with van der Waals surface area (Å²) in [5.74, 6) is -71.6. The van der Waals surface area contributed by atoms with Crippen LogP contribution in [0.4, 0.5) is 93.5 Å². The molecule has 362 valence electrons. The minimum Gasteiger partial charge on any atom is -0.419 e. The first kappa shape index (κ1) is 51.2. The Morgan fingerprint density at radius 1 is 0.514 bits per heavy atom. The number of carbonyl (C=O) groups is 1. The van der Waals surface area contributed by atoms with Crippen LogP contribution in [0.1, 0.15) is 16.1 Å². The summed E-state index contributed by atoms with van der Waals surface area (Å²) in [6.07, 6.45) is -2.42. The first-order valence-electron chi connectivity index (χ1n) is 18.4. The molecule has 0 spiro atoms. The van der Waals surface area contributed by atoms with Gasteiger partial charge in [0.15, 0.2) is 82.5 Å². The summed E-state index contributed by atoms with van der Waals surface area (Å²) < 4.78 is 301. The third kappa shape index (κ3) is 8.53. The highest BCUT2D eigenvalue weighted by atomic mass is 19.2. The number of halogens is 20. The lowest BCUT2D eigenvalue weighted by atomic mass is 9.12. The van der Waals surface area contributed by atoms with E-state index in [0.29, 0.717) is 23.7 Å². The summed E-state index contributed by atoms with van der Waals surface area (Å²) in [4.78, 5) is 19.2. The number of benzene rings is 6. The fourth-order valence-corrected chi connectivity index (χ4v) is 7.17. The zero-order chi connectivity index (χ0) is 51.8. The van der Waals surface area contributed by atoms with Crippen molar-refractivity contribution in [1.82, 2.24) is 4.98 Å². The molecule has 7 nitrogen and oxygen atoms in total. The fraction of sp³-hybridized carbons (Fsp3) is 0.0238. The molecule has 0 bridgehead atoms. The van der Waals surface area contributed by atoms with Crippen molar-refractivity contribution in [1.29, 1.82) is 0 Å². The number of aromatic nitrogens is 2. The maximum Gasteiger partial charge on any atom is 0.410 e. The average Bonchev–Trinajstić information content (AvgIpc) is 3.34. The van der Waals surface area contributed by atoms with Gasteiger partial charge in [0.05, 0.1) is 6.20 Å². The zero-order valence-corrected chi connectivity index (χ0v) is 33.3. The van der Waals surface area contributed by atoms with Crippen LogP contribution >= 0.6 is 0 Å². The third-order valence-corrected chi connectivity index (χ3v) is 10.1. The van der Waals surface area contributed by atoms with Gasteiger partial charge in [0.2, 0.25) is 0 Å². The van der Waals surface area contributed by atoms with E-state index < -0.39 is 150 Å². The van der Waals surface area contributed by atoms with E-state index in [2.05, 4.69) is 15.0 Å². The fourth-order valence-electron chi connectivity index (χ4n) is 7.17. The van der Waals surface area contributed by atoms with Crippen LogP contribution in [-0.4, -0.2) is 17.1 Å². The Morgan fingerprint density at radius 3 is 1.23 bits per heavy atom. The molecule has 1 aromatic heterocycles. The normalized spacial score (nSPS) is 11.3. The van der Waals surface area contributed by atoms with Crippen molar-refractivity contribution in [2.45, 2.75) is 6.54 Å². The molecule has 0 aliphatic carbocycles. The summed E-state index contributed by atoms with van der Waals surface area (Å²) >= 11 is 0. The number of carbonyl (C=O) groups excluding carboxylic acids is 1. The van der Waals surface area contributed by atoms with Gasteiger partial charge in [-0.05, 0) is 17.7 Å². The standard InChI is InChI=1S/C24BF20.C18H14N5O2/c26-5-1(6(27)14(35)21(42)13(5)34)25(2-7(28)15(36)22(43)16(37)8(2)29,3-9(30)17(38)23(44)18(39)10(3)31)4-11(32)19(40)24(45)20(41)12(4)33;19-22-21-15-7-4-8-16(11-15)25-18(24)17-12-20-9-10-23(17)13-14-5-2-1-3-6-14/h;1-12H,13H2/q-1;+1. The van der Waals surface area contributed by atoms with Crippen molar-refractivity contribution in [2.24, 2.45) is 5.11 Å². The van der Waals surface area contributed by atoms with E-state index in [-0.39, 0.29) is 0 Å². The predicted molar refractivity (Wildman–Crippen MR) is 199 cm³/mol. The van der Waals surface area contributed by atoms with Crippen LogP contribution in [0.2, 0.25) is 0 Å². The zero-order valence-electron chi connectivity index (χ0n) is 33.3. The van der Waals surface area contributed by atoms with Gasteiger partial charge in [-0.2, -0.15) is 4.57 Å². The highest BCUT2D eigenvalue weighted by Gasteiger charge is 2.52. The van der Waals surface area contributed by atoms with Gasteiger partial charge < -0.3 is 4.74 Å². The average molecular weight is 1010 g/mol. The number of esters is 1. The molecule has 70 heavy (non-hydrogen) atoms. The summed E-state index contributed by atoms with van der Waals surface area (Å²) in [6, 6.07) is 16.2. The maximum absolute atomic E-state index is 15.4. The van der Waals surface area contributed by atoms with E-state index in [1.165, 1.54) is 12.3 Å². The second-order valence-corrected chi connectivity index (χ2v) is 14.0. The molecule has 0 saturated carbocycles. The minimum atomic E-state index is -7.22. The summed E-state index contributed by atoms with van der Waals surface area (Å²) in [7, 11) is 0. The van der Waals surface area contributed by atoms with E-state index in [1.54, 1.807) is 35.2 Å². The SMILES string of the molecule is Fc1c(F)c(F)c([B-](c2c(F)c(F)c(F)c(F)c2F)(c2c(F)c(F)c(F)c(F)c2F)c2c(F)c(F)c(F)c(F)c2F)c(F)c1F.[N-]=[N+]=Nc1cccc(OC(=O)c2cncc[n+]2Cc2ccccc2)c1. The smallest absolute Gasteiger partial charge is 0.410 e. The van der Waals surface area contributed by atoms with Crippen molar-refractivity contribution in [3.63, 3.8) is 0 Å². The molecule has 7 aromatic rings. The van der Waals surface area contributed by atoms with E-state index in [1.807, 2.05) is 30.3 Å². The quantitative estimate of drug-likeness (QED) is 0.0138. The first-order valence-corrected chi connectivity index (χ1v) is 18.4. The van der Waals surface area contributed by atoms with Crippen LogP contribution in [0.3, 0.4) is 0 Å². The Balaban J connectivity index is 0.000000270. The molecule has 0 fully saturated rings. The molecular weight excluding hydrogens is 997 g/mol. The molecule has 0 N–H and O–H groups in total. The van der Waals surface area contributed by atoms with Gasteiger partial charge in [0, 0.05) is 16.2 Å². The number of ether oxygens (including phenoxy) is 1.